The van der Waals surface area contributed by atoms with Crippen molar-refractivity contribution in [1.82, 2.24) is 10.6 Å². The molecule has 7 nitrogen and oxygen atoms in total. The van der Waals surface area contributed by atoms with Crippen LogP contribution in [-0.2, 0) is 25.2 Å². The van der Waals surface area contributed by atoms with Gasteiger partial charge in [0.2, 0.25) is 0 Å². The summed E-state index contributed by atoms with van der Waals surface area (Å²) in [5.41, 5.74) is 5.15. The Balaban J connectivity index is 2.77. The fourth-order valence-electron chi connectivity index (χ4n) is 3.27. The van der Waals surface area contributed by atoms with Crippen LogP contribution >= 0.6 is 12.2 Å². The molecule has 4 N–H and O–H groups in total. The van der Waals surface area contributed by atoms with Gasteiger partial charge in [-0.2, -0.15) is 13.2 Å². The molecular weight excluding hydrogens is 435 g/mol. The smallest absolute Gasteiger partial charge is 0.416 e. The van der Waals surface area contributed by atoms with E-state index in [4.69, 9.17) is 27.4 Å². The summed E-state index contributed by atoms with van der Waals surface area (Å²) in [6.45, 7) is 3.12. The standard InChI is InChI=1S/C20H22F3N3O4S/c1-4-30-18(28)16-13(9-25-19(24)31)26-10(2)14(17(27)29-3)15(16)11-6-5-7-12(8-11)20(21,22)23/h5-8,15,26H,4,9H2,1-3H3,(H3,24,25,31). The molecule has 0 bridgehead atoms. The number of thiocarbonyl (C=S) groups is 1. The second-order valence-electron chi connectivity index (χ2n) is 6.54. The zero-order valence-electron chi connectivity index (χ0n) is 17.1. The summed E-state index contributed by atoms with van der Waals surface area (Å²) in [6, 6.07) is 4.41. The van der Waals surface area contributed by atoms with Crippen LogP contribution in [0.1, 0.15) is 30.9 Å². The van der Waals surface area contributed by atoms with Crippen LogP contribution < -0.4 is 16.4 Å². The van der Waals surface area contributed by atoms with Gasteiger partial charge in [0.25, 0.3) is 0 Å². The van der Waals surface area contributed by atoms with Crippen LogP contribution in [0.5, 0.6) is 0 Å². The number of ether oxygens (including phenoxy) is 2. The van der Waals surface area contributed by atoms with E-state index in [0.29, 0.717) is 5.70 Å². The fraction of sp³-hybridized carbons (Fsp3) is 0.350. The summed E-state index contributed by atoms with van der Waals surface area (Å²) in [7, 11) is 1.14. The lowest BCUT2D eigenvalue weighted by Crippen LogP contribution is -2.39. The number of allylic oxidation sites excluding steroid dienone is 1. The van der Waals surface area contributed by atoms with Crippen LogP contribution in [0.3, 0.4) is 0 Å². The summed E-state index contributed by atoms with van der Waals surface area (Å²) >= 11 is 4.80. The van der Waals surface area contributed by atoms with E-state index < -0.39 is 29.6 Å². The maximum atomic E-state index is 13.3. The summed E-state index contributed by atoms with van der Waals surface area (Å²) in [4.78, 5) is 25.4. The van der Waals surface area contributed by atoms with E-state index in [1.54, 1.807) is 13.8 Å². The third kappa shape index (κ3) is 5.54. The molecule has 0 aromatic heterocycles. The number of benzene rings is 1. The van der Waals surface area contributed by atoms with Crippen molar-refractivity contribution in [3.8, 4) is 0 Å². The van der Waals surface area contributed by atoms with Crippen LogP contribution in [0.2, 0.25) is 0 Å². The van der Waals surface area contributed by atoms with Gasteiger partial charge in [-0.05, 0) is 37.7 Å². The number of hydrogen-bond acceptors (Lipinski definition) is 6. The first-order chi connectivity index (χ1) is 14.5. The molecule has 0 radical (unpaired) electrons. The Hall–Kier alpha value is -3.08. The molecule has 1 aliphatic heterocycles. The molecule has 11 heteroatoms. The highest BCUT2D eigenvalue weighted by molar-refractivity contribution is 7.80. The van der Waals surface area contributed by atoms with Gasteiger partial charge in [-0.3, -0.25) is 0 Å². The molecule has 0 aliphatic carbocycles. The van der Waals surface area contributed by atoms with Gasteiger partial charge in [-0.1, -0.05) is 18.2 Å². The van der Waals surface area contributed by atoms with Crippen LogP contribution in [0, 0.1) is 0 Å². The Bertz CT molecular complexity index is 957. The molecule has 1 aromatic rings. The number of methoxy groups -OCH3 is 1. The van der Waals surface area contributed by atoms with Gasteiger partial charge in [-0.15, -0.1) is 0 Å². The average molecular weight is 457 g/mol. The fourth-order valence-corrected chi connectivity index (χ4v) is 3.34. The largest absolute Gasteiger partial charge is 0.466 e. The van der Waals surface area contributed by atoms with Gasteiger partial charge >= 0.3 is 18.1 Å². The Kier molecular flexibility index (Phi) is 7.66. The van der Waals surface area contributed by atoms with Gasteiger partial charge in [-0.25, -0.2) is 9.59 Å². The second kappa shape index (κ2) is 9.82. The quantitative estimate of drug-likeness (QED) is 0.442. The molecule has 31 heavy (non-hydrogen) atoms. The van der Waals surface area contributed by atoms with Crippen molar-refractivity contribution in [1.29, 1.82) is 0 Å². The van der Waals surface area contributed by atoms with Crippen LogP contribution in [-0.4, -0.2) is 37.3 Å². The number of dihydropyridines is 1. The molecular formula is C20H22F3N3O4S. The maximum absolute atomic E-state index is 13.3. The van der Waals surface area contributed by atoms with E-state index in [1.807, 2.05) is 0 Å². The van der Waals surface area contributed by atoms with Crippen molar-refractivity contribution >= 4 is 29.3 Å². The summed E-state index contributed by atoms with van der Waals surface area (Å²) in [6.07, 6.45) is -4.61. The van der Waals surface area contributed by atoms with E-state index in [2.05, 4.69) is 10.6 Å². The Morgan fingerprint density at radius 3 is 2.48 bits per heavy atom. The number of alkyl halides is 3. The van der Waals surface area contributed by atoms with Gasteiger partial charge in [0.15, 0.2) is 5.11 Å². The third-order valence-electron chi connectivity index (χ3n) is 4.53. The average Bonchev–Trinajstić information content (AvgIpc) is 2.70. The predicted molar refractivity (Wildman–Crippen MR) is 110 cm³/mol. The normalized spacial score (nSPS) is 16.5. The van der Waals surface area contributed by atoms with Crippen LogP contribution in [0.25, 0.3) is 0 Å². The molecule has 0 fully saturated rings. The minimum Gasteiger partial charge on any atom is -0.466 e. The Morgan fingerprint density at radius 1 is 1.26 bits per heavy atom. The van der Waals surface area contributed by atoms with Gasteiger partial charge < -0.3 is 25.8 Å². The van der Waals surface area contributed by atoms with Gasteiger partial charge in [0, 0.05) is 11.4 Å². The van der Waals surface area contributed by atoms with E-state index in [0.717, 1.165) is 19.2 Å². The van der Waals surface area contributed by atoms with E-state index >= 15 is 0 Å². The van der Waals surface area contributed by atoms with Crippen molar-refractivity contribution in [3.63, 3.8) is 0 Å². The topological polar surface area (TPSA) is 103 Å². The first kappa shape index (κ1) is 24.2. The molecule has 1 heterocycles. The highest BCUT2D eigenvalue weighted by Crippen LogP contribution is 2.41. The number of esters is 2. The molecule has 0 saturated carbocycles. The molecule has 1 aromatic carbocycles. The number of rotatable bonds is 6. The summed E-state index contributed by atoms with van der Waals surface area (Å²) in [5.74, 6) is -2.76. The SMILES string of the molecule is CCOC(=O)C1=C(CNC(N)=S)NC(C)=C(C(=O)OC)C1c1cccc(C(F)(F)F)c1. The van der Waals surface area contributed by atoms with Crippen molar-refractivity contribution in [2.45, 2.75) is 25.9 Å². The first-order valence-corrected chi connectivity index (χ1v) is 9.58. The molecule has 1 unspecified atom stereocenters. The maximum Gasteiger partial charge on any atom is 0.416 e. The molecule has 0 amide bonds. The number of nitrogens with one attached hydrogen (secondary N) is 2. The predicted octanol–water partition coefficient (Wildman–Crippen LogP) is 2.49. The van der Waals surface area contributed by atoms with Crippen molar-refractivity contribution in [2.75, 3.05) is 20.3 Å². The highest BCUT2D eigenvalue weighted by Gasteiger charge is 2.40. The zero-order valence-corrected chi connectivity index (χ0v) is 17.9. The monoisotopic (exact) mass is 457 g/mol. The van der Waals surface area contributed by atoms with E-state index in [-0.39, 0.29) is 40.7 Å². The molecule has 0 saturated heterocycles. The second-order valence-corrected chi connectivity index (χ2v) is 6.98. The summed E-state index contributed by atoms with van der Waals surface area (Å²) < 4.78 is 50.0. The lowest BCUT2D eigenvalue weighted by Gasteiger charge is -2.31. The number of hydrogen-bond donors (Lipinski definition) is 3. The Morgan fingerprint density at radius 2 is 1.94 bits per heavy atom. The van der Waals surface area contributed by atoms with Crippen molar-refractivity contribution in [2.24, 2.45) is 5.73 Å². The lowest BCUT2D eigenvalue weighted by atomic mass is 9.79. The van der Waals surface area contributed by atoms with Crippen LogP contribution in [0.15, 0.2) is 46.8 Å². The highest BCUT2D eigenvalue weighted by atomic mass is 32.1. The minimum absolute atomic E-state index is 0.0102. The van der Waals surface area contributed by atoms with Crippen molar-refractivity contribution in [3.05, 3.63) is 57.9 Å². The third-order valence-corrected chi connectivity index (χ3v) is 4.68. The summed E-state index contributed by atoms with van der Waals surface area (Å²) in [5, 5.41) is 5.57. The molecule has 168 valence electrons. The number of halogens is 3. The van der Waals surface area contributed by atoms with Gasteiger partial charge in [0.1, 0.15) is 0 Å². The lowest BCUT2D eigenvalue weighted by molar-refractivity contribution is -0.139. The number of carbonyl (C=O) groups excluding carboxylic acids is 2. The minimum atomic E-state index is -4.61. The molecule has 1 atom stereocenters. The van der Waals surface area contributed by atoms with Gasteiger partial charge in [0.05, 0.1) is 42.9 Å². The molecule has 0 spiro atoms. The number of carbonyl (C=O) groups is 2. The number of nitrogens with two attached hydrogens (primary N) is 1. The van der Waals surface area contributed by atoms with E-state index in [1.165, 1.54) is 12.1 Å². The zero-order chi connectivity index (χ0) is 23.3. The Labute approximate surface area is 182 Å². The first-order valence-electron chi connectivity index (χ1n) is 9.17. The van der Waals surface area contributed by atoms with E-state index in [9.17, 15) is 22.8 Å². The van der Waals surface area contributed by atoms with Crippen LogP contribution in [0.4, 0.5) is 13.2 Å². The van der Waals surface area contributed by atoms with Crippen molar-refractivity contribution < 1.29 is 32.2 Å². The molecule has 2 rings (SSSR count). The molecule has 1 aliphatic rings.